The first kappa shape index (κ1) is 15.9. The van der Waals surface area contributed by atoms with Crippen molar-refractivity contribution in [2.45, 2.75) is 57.5 Å². The molecule has 1 aromatic heterocycles. The summed E-state index contributed by atoms with van der Waals surface area (Å²) in [6.45, 7) is 6.94. The molecule has 0 aromatic carbocycles. The lowest BCUT2D eigenvalue weighted by atomic mass is 9.81. The van der Waals surface area contributed by atoms with Crippen molar-refractivity contribution in [3.05, 3.63) is 28.5 Å². The number of hydrogen-bond donors (Lipinski definition) is 1. The summed E-state index contributed by atoms with van der Waals surface area (Å²) in [7, 11) is 0. The van der Waals surface area contributed by atoms with Gasteiger partial charge in [-0.3, -0.25) is 9.88 Å². The first-order valence-electron chi connectivity index (χ1n) is 7.73. The minimum absolute atomic E-state index is 0.130. The Morgan fingerprint density at radius 1 is 1.30 bits per heavy atom. The number of likely N-dealkylation sites (tertiary alicyclic amines) is 1. The van der Waals surface area contributed by atoms with Gasteiger partial charge in [0.15, 0.2) is 0 Å². The van der Waals surface area contributed by atoms with Gasteiger partial charge < -0.3 is 5.73 Å². The van der Waals surface area contributed by atoms with Gasteiger partial charge in [0.25, 0.3) is 0 Å². The summed E-state index contributed by atoms with van der Waals surface area (Å²) in [4.78, 5) is 7.10. The monoisotopic (exact) mass is 339 g/mol. The van der Waals surface area contributed by atoms with Crippen LogP contribution in [0.25, 0.3) is 0 Å². The molecule has 3 nitrogen and oxygen atoms in total. The molecule has 2 heterocycles. The van der Waals surface area contributed by atoms with E-state index < -0.39 is 0 Å². The van der Waals surface area contributed by atoms with Crippen molar-refractivity contribution < 1.29 is 0 Å². The lowest BCUT2D eigenvalue weighted by Gasteiger charge is -2.45. The maximum Gasteiger partial charge on any atom is 0.0420 e. The first-order chi connectivity index (χ1) is 9.62. The van der Waals surface area contributed by atoms with Gasteiger partial charge >= 0.3 is 0 Å². The van der Waals surface area contributed by atoms with Crippen LogP contribution in [0.2, 0.25) is 0 Å². The van der Waals surface area contributed by atoms with Crippen molar-refractivity contribution in [1.29, 1.82) is 0 Å². The van der Waals surface area contributed by atoms with E-state index in [9.17, 15) is 0 Å². The van der Waals surface area contributed by atoms with E-state index in [0.29, 0.717) is 0 Å². The van der Waals surface area contributed by atoms with Crippen molar-refractivity contribution >= 4 is 15.9 Å². The second-order valence-corrected chi connectivity index (χ2v) is 6.70. The molecule has 1 fully saturated rings. The molecule has 2 rings (SSSR count). The van der Waals surface area contributed by atoms with Gasteiger partial charge in [-0.1, -0.05) is 13.8 Å². The van der Waals surface area contributed by atoms with Gasteiger partial charge in [-0.05, 0) is 66.8 Å². The standard InChI is InChI=1S/C16H26BrN3/c1-3-16(4-2,20-9-5-6-10-20)15(18)11-14-8-7-13(17)12-19-14/h7-8,12,15H,3-6,9-11,18H2,1-2H3. The molecule has 1 aliphatic heterocycles. The van der Waals surface area contributed by atoms with E-state index in [4.69, 9.17) is 5.73 Å². The summed E-state index contributed by atoms with van der Waals surface area (Å²) in [6, 6.07) is 4.26. The third-order valence-corrected chi connectivity index (χ3v) is 5.34. The largest absolute Gasteiger partial charge is 0.326 e. The number of rotatable bonds is 6. The molecule has 1 aliphatic rings. The third-order valence-electron chi connectivity index (χ3n) is 4.87. The van der Waals surface area contributed by atoms with Crippen LogP contribution in [0.15, 0.2) is 22.8 Å². The summed E-state index contributed by atoms with van der Waals surface area (Å²) < 4.78 is 1.02. The van der Waals surface area contributed by atoms with Gasteiger partial charge in [0, 0.05) is 34.4 Å². The molecule has 0 bridgehead atoms. The zero-order chi connectivity index (χ0) is 14.6. The van der Waals surface area contributed by atoms with Crippen molar-refractivity contribution in [2.24, 2.45) is 5.73 Å². The second-order valence-electron chi connectivity index (χ2n) is 5.78. The van der Waals surface area contributed by atoms with Gasteiger partial charge in [-0.2, -0.15) is 0 Å². The Morgan fingerprint density at radius 3 is 2.45 bits per heavy atom. The number of aromatic nitrogens is 1. The van der Waals surface area contributed by atoms with E-state index in [2.05, 4.69) is 45.7 Å². The molecule has 4 heteroatoms. The highest BCUT2D eigenvalue weighted by Crippen LogP contribution is 2.32. The number of hydrogen-bond acceptors (Lipinski definition) is 3. The average molecular weight is 340 g/mol. The quantitative estimate of drug-likeness (QED) is 0.863. The Bertz CT molecular complexity index is 408. The van der Waals surface area contributed by atoms with E-state index >= 15 is 0 Å². The first-order valence-corrected chi connectivity index (χ1v) is 8.52. The number of nitrogens with zero attached hydrogens (tertiary/aromatic N) is 2. The molecule has 20 heavy (non-hydrogen) atoms. The number of pyridine rings is 1. The highest BCUT2D eigenvalue weighted by molar-refractivity contribution is 9.10. The fourth-order valence-corrected chi connectivity index (χ4v) is 3.80. The topological polar surface area (TPSA) is 42.1 Å². The molecule has 0 spiro atoms. The van der Waals surface area contributed by atoms with Crippen molar-refractivity contribution in [3.63, 3.8) is 0 Å². The summed E-state index contributed by atoms with van der Waals surface area (Å²) in [6.07, 6.45) is 7.56. The van der Waals surface area contributed by atoms with Crippen LogP contribution in [-0.2, 0) is 6.42 Å². The summed E-state index contributed by atoms with van der Waals surface area (Å²) in [5.74, 6) is 0. The molecule has 1 atom stereocenters. The van der Waals surface area contributed by atoms with Crippen LogP contribution in [0.5, 0.6) is 0 Å². The van der Waals surface area contributed by atoms with Crippen LogP contribution in [0.4, 0.5) is 0 Å². The molecule has 2 N–H and O–H groups in total. The predicted molar refractivity (Wildman–Crippen MR) is 87.7 cm³/mol. The summed E-state index contributed by atoms with van der Waals surface area (Å²) in [5.41, 5.74) is 7.85. The molecule has 0 aliphatic carbocycles. The van der Waals surface area contributed by atoms with E-state index in [1.807, 2.05) is 12.3 Å². The highest BCUT2D eigenvalue weighted by Gasteiger charge is 2.40. The molecule has 112 valence electrons. The summed E-state index contributed by atoms with van der Waals surface area (Å²) >= 11 is 3.43. The van der Waals surface area contributed by atoms with Crippen molar-refractivity contribution in [1.82, 2.24) is 9.88 Å². The average Bonchev–Trinajstić information content (AvgIpc) is 2.98. The molecule has 0 amide bonds. The van der Waals surface area contributed by atoms with Gasteiger partial charge in [0.1, 0.15) is 0 Å². The van der Waals surface area contributed by atoms with E-state index in [0.717, 1.165) is 29.4 Å². The van der Waals surface area contributed by atoms with Gasteiger partial charge in [0.2, 0.25) is 0 Å². The molecule has 0 saturated carbocycles. The number of halogens is 1. The number of nitrogens with two attached hydrogens (primary N) is 1. The Balaban J connectivity index is 2.13. The molecule has 1 aromatic rings. The van der Waals surface area contributed by atoms with E-state index in [-0.39, 0.29) is 11.6 Å². The zero-order valence-electron chi connectivity index (χ0n) is 12.6. The Morgan fingerprint density at radius 2 is 1.95 bits per heavy atom. The van der Waals surface area contributed by atoms with E-state index in [1.54, 1.807) is 0 Å². The van der Waals surface area contributed by atoms with E-state index in [1.165, 1.54) is 25.9 Å². The molecule has 1 saturated heterocycles. The highest BCUT2D eigenvalue weighted by atomic mass is 79.9. The van der Waals surface area contributed by atoms with Crippen LogP contribution < -0.4 is 5.73 Å². The lowest BCUT2D eigenvalue weighted by molar-refractivity contribution is 0.0765. The fraction of sp³-hybridized carbons (Fsp3) is 0.688. The second kappa shape index (κ2) is 7.01. The minimum atomic E-state index is 0.130. The maximum absolute atomic E-state index is 6.63. The normalized spacial score (nSPS) is 18.4. The maximum atomic E-state index is 6.63. The molecule has 1 unspecified atom stereocenters. The van der Waals surface area contributed by atoms with Crippen LogP contribution in [0, 0.1) is 0 Å². The minimum Gasteiger partial charge on any atom is -0.326 e. The SMILES string of the molecule is CCC(CC)(C(N)Cc1ccc(Br)cn1)N1CCCC1. The predicted octanol–water partition coefficient (Wildman–Crippen LogP) is 3.37. The molecule has 0 radical (unpaired) electrons. The van der Waals surface area contributed by atoms with Crippen LogP contribution in [-0.4, -0.2) is 34.6 Å². The molecular weight excluding hydrogens is 314 g/mol. The smallest absolute Gasteiger partial charge is 0.0420 e. The fourth-order valence-electron chi connectivity index (χ4n) is 3.56. The van der Waals surface area contributed by atoms with Crippen LogP contribution in [0.3, 0.4) is 0 Å². The third kappa shape index (κ3) is 3.23. The van der Waals surface area contributed by atoms with Crippen molar-refractivity contribution in [2.75, 3.05) is 13.1 Å². The Hall–Kier alpha value is -0.450. The zero-order valence-corrected chi connectivity index (χ0v) is 14.2. The Labute approximate surface area is 131 Å². The van der Waals surface area contributed by atoms with Crippen LogP contribution in [0.1, 0.15) is 45.2 Å². The Kier molecular flexibility index (Phi) is 5.58. The van der Waals surface area contributed by atoms with Gasteiger partial charge in [-0.25, -0.2) is 0 Å². The van der Waals surface area contributed by atoms with Crippen molar-refractivity contribution in [3.8, 4) is 0 Å². The van der Waals surface area contributed by atoms with Gasteiger partial charge in [-0.15, -0.1) is 0 Å². The lowest BCUT2D eigenvalue weighted by Crippen LogP contribution is -2.59. The summed E-state index contributed by atoms with van der Waals surface area (Å²) in [5, 5.41) is 0. The van der Waals surface area contributed by atoms with Crippen LogP contribution >= 0.6 is 15.9 Å². The van der Waals surface area contributed by atoms with Gasteiger partial charge in [0.05, 0.1) is 0 Å². The molecular formula is C16H26BrN3.